The number of rotatable bonds is 31. The van der Waals surface area contributed by atoms with Gasteiger partial charge in [-0.15, -0.1) is 0 Å². The van der Waals surface area contributed by atoms with Crippen LogP contribution >= 0.6 is 0 Å². The van der Waals surface area contributed by atoms with Crippen LogP contribution < -0.4 is 0 Å². The summed E-state index contributed by atoms with van der Waals surface area (Å²) in [5, 5.41) is -0.684. The van der Waals surface area contributed by atoms with E-state index in [0.717, 1.165) is 5.57 Å². The van der Waals surface area contributed by atoms with E-state index in [1.54, 1.807) is 13.8 Å². The summed E-state index contributed by atoms with van der Waals surface area (Å²) in [6, 6.07) is 0. The molecule has 1 aliphatic rings. The Kier molecular flexibility index (Phi) is 25.7. The second-order valence-electron chi connectivity index (χ2n) is 25.4. The zero-order valence-electron chi connectivity index (χ0n) is 50.0. The largest absolute Gasteiger partial charge is 0.508 e. The van der Waals surface area contributed by atoms with E-state index in [1.165, 1.54) is 19.3 Å². The molecule has 0 bridgehead atoms. The second kappa shape index (κ2) is 27.5. The molecule has 1 fully saturated rings. The van der Waals surface area contributed by atoms with Crippen molar-refractivity contribution in [3.05, 3.63) is 49.1 Å². The van der Waals surface area contributed by atoms with Crippen molar-refractivity contribution in [1.29, 1.82) is 0 Å². The molecule has 0 N–H and O–H groups in total. The quantitative estimate of drug-likeness (QED) is 0.0279. The molecule has 0 aliphatic carbocycles. The second-order valence-corrected chi connectivity index (χ2v) is 39.6. The Hall–Kier alpha value is -2.84. The molecule has 420 valence electrons. The van der Waals surface area contributed by atoms with Crippen molar-refractivity contribution in [3.63, 3.8) is 0 Å². The van der Waals surface area contributed by atoms with Gasteiger partial charge >= 0.3 is 12.1 Å². The topological polar surface area (TPSA) is 162 Å². The fourth-order valence-electron chi connectivity index (χ4n) is 8.28. The fourth-order valence-corrected chi connectivity index (χ4v) is 12.3. The van der Waals surface area contributed by atoms with E-state index in [4.69, 9.17) is 37.0 Å². The van der Waals surface area contributed by atoms with Crippen LogP contribution in [-0.4, -0.2) is 117 Å². The van der Waals surface area contributed by atoms with E-state index in [9.17, 15) is 24.0 Å². The number of Topliss-reactive ketones (excluding diaryl/α,β-unsaturated/α-hetero) is 3. The molecule has 0 aromatic rings. The van der Waals surface area contributed by atoms with E-state index in [2.05, 4.69) is 115 Å². The maximum Gasteiger partial charge on any atom is 0.508 e. The molecule has 12 atom stereocenters. The molecule has 13 nitrogen and oxygen atoms in total. The number of carbonyl (C=O) groups is 5. The molecule has 0 saturated carbocycles. The predicted octanol–water partition coefficient (Wildman–Crippen LogP) is 13.2. The first-order valence-electron chi connectivity index (χ1n) is 26.5. The van der Waals surface area contributed by atoms with Crippen LogP contribution in [0.15, 0.2) is 49.1 Å². The van der Waals surface area contributed by atoms with E-state index in [1.807, 2.05) is 59.9 Å². The predicted molar refractivity (Wildman–Crippen MR) is 301 cm³/mol. The highest BCUT2D eigenvalue weighted by molar-refractivity contribution is 6.75. The van der Waals surface area contributed by atoms with Crippen molar-refractivity contribution in [2.45, 2.75) is 221 Å². The summed E-state index contributed by atoms with van der Waals surface area (Å²) in [6.07, 6.45) is 4.36. The number of epoxide rings is 1. The average Bonchev–Trinajstić information content (AvgIpc) is 3.97. The number of hydrogen-bond acceptors (Lipinski definition) is 13. The fraction of sp³-hybridized carbons (Fsp3) is 0.772. The van der Waals surface area contributed by atoms with Crippen LogP contribution in [0.25, 0.3) is 0 Å². The lowest BCUT2D eigenvalue weighted by Gasteiger charge is -2.43. The third kappa shape index (κ3) is 18.7. The van der Waals surface area contributed by atoms with E-state index < -0.39 is 96.7 Å². The van der Waals surface area contributed by atoms with Crippen molar-refractivity contribution in [1.82, 2.24) is 0 Å². The lowest BCUT2D eigenvalue weighted by atomic mass is 9.80. The van der Waals surface area contributed by atoms with Crippen LogP contribution in [0, 0.1) is 35.5 Å². The van der Waals surface area contributed by atoms with Gasteiger partial charge in [-0.3, -0.25) is 14.4 Å². The number of esters is 1. The molecule has 0 aromatic heterocycles. The van der Waals surface area contributed by atoms with Gasteiger partial charge in [0, 0.05) is 43.1 Å². The summed E-state index contributed by atoms with van der Waals surface area (Å²) in [4.78, 5) is 70.4. The Bertz CT molecular complexity index is 1940. The normalized spacial score (nSPS) is 21.4. The van der Waals surface area contributed by atoms with Crippen LogP contribution in [0.2, 0.25) is 54.4 Å². The van der Waals surface area contributed by atoms with Crippen molar-refractivity contribution in [3.8, 4) is 0 Å². The van der Waals surface area contributed by atoms with Gasteiger partial charge in [0.05, 0.1) is 24.2 Å². The Balaban J connectivity index is 3.71. The molecule has 0 unspecified atom stereocenters. The summed E-state index contributed by atoms with van der Waals surface area (Å²) in [5.74, 6) is -4.77. The van der Waals surface area contributed by atoms with Crippen LogP contribution in [-0.2, 0) is 56.1 Å². The minimum Gasteiger partial charge on any atom is -0.460 e. The monoisotopic (exact) mass is 1080 g/mol. The van der Waals surface area contributed by atoms with E-state index in [0.29, 0.717) is 0 Å². The molecule has 0 amide bonds. The first-order valence-corrected chi connectivity index (χ1v) is 35.2. The molecule has 1 heterocycles. The molecular weight excluding hydrogens is 977 g/mol. The highest BCUT2D eigenvalue weighted by atomic mass is 28.4. The first-order chi connectivity index (χ1) is 33.1. The van der Waals surface area contributed by atoms with Crippen molar-refractivity contribution < 1.29 is 60.9 Å². The Labute approximate surface area is 446 Å². The molecule has 73 heavy (non-hydrogen) atoms. The highest BCUT2D eigenvalue weighted by Crippen LogP contribution is 2.51. The first kappa shape index (κ1) is 68.2. The van der Waals surface area contributed by atoms with Crippen molar-refractivity contribution in [2.24, 2.45) is 35.5 Å². The molecule has 1 aliphatic heterocycles. The maximum absolute atomic E-state index is 14.9. The lowest BCUT2D eigenvalue weighted by molar-refractivity contribution is -0.162. The smallest absolute Gasteiger partial charge is 0.460 e. The Morgan fingerprint density at radius 3 is 1.64 bits per heavy atom. The van der Waals surface area contributed by atoms with Crippen molar-refractivity contribution in [2.75, 3.05) is 26.9 Å². The highest BCUT2D eigenvalue weighted by Gasteiger charge is 2.64. The summed E-state index contributed by atoms with van der Waals surface area (Å²) in [6.45, 7) is 53.6. The van der Waals surface area contributed by atoms with Crippen LogP contribution in [0.4, 0.5) is 4.79 Å². The van der Waals surface area contributed by atoms with Crippen LogP contribution in [0.1, 0.15) is 131 Å². The Morgan fingerprint density at radius 1 is 0.699 bits per heavy atom. The van der Waals surface area contributed by atoms with Gasteiger partial charge in [0.15, 0.2) is 31.1 Å². The molecule has 16 heteroatoms. The third-order valence-corrected chi connectivity index (χ3v) is 29.7. The number of methoxy groups -OCH3 is 1. The van der Waals surface area contributed by atoms with Crippen LogP contribution in [0.3, 0.4) is 0 Å². The number of ketones is 3. The van der Waals surface area contributed by atoms with E-state index >= 15 is 0 Å². The lowest BCUT2D eigenvalue weighted by Crippen LogP contribution is -2.54. The Morgan fingerprint density at radius 2 is 1.18 bits per heavy atom. The van der Waals surface area contributed by atoms with Crippen molar-refractivity contribution >= 4 is 54.4 Å². The third-order valence-electron chi connectivity index (χ3n) is 16.3. The number of carbonyl (C=O) groups excluding carboxylic acids is 5. The summed E-state index contributed by atoms with van der Waals surface area (Å²) >= 11 is 0. The SMILES string of the molecule is C=CCOC(=O)OC[C@@H](C(=O)[C@H](C)CCC(=O)[C@@H](C)/C=C(\C)[C@H](O[Si](C)(C)C(C)(C)C)[C@@H](C)C(=O)[C@@H](C)[C@H](OC)[C@@H](O[Si](C)(C)C(C)(C)C)C(=O)OCC=C)[C@H](O[Si](C)(C)C(C)(C)C)[C@@]1(C)O[C@@H]1[C@@H](C)/C=C\C. The van der Waals surface area contributed by atoms with Gasteiger partial charge in [0.1, 0.15) is 48.9 Å². The minimum absolute atomic E-state index is 0.0208. The van der Waals surface area contributed by atoms with Gasteiger partial charge in [0.2, 0.25) is 0 Å². The molecule has 0 radical (unpaired) electrons. The van der Waals surface area contributed by atoms with E-state index in [-0.39, 0.29) is 77.1 Å². The van der Waals surface area contributed by atoms with Gasteiger partial charge in [0.25, 0.3) is 0 Å². The van der Waals surface area contributed by atoms with Crippen LogP contribution in [0.5, 0.6) is 0 Å². The van der Waals surface area contributed by atoms with Gasteiger partial charge in [-0.2, -0.15) is 0 Å². The number of hydrogen-bond donors (Lipinski definition) is 0. The summed E-state index contributed by atoms with van der Waals surface area (Å²) < 4.78 is 49.7. The zero-order chi connectivity index (χ0) is 57.0. The number of ether oxygens (including phenoxy) is 5. The van der Waals surface area contributed by atoms with Gasteiger partial charge < -0.3 is 37.0 Å². The summed E-state index contributed by atoms with van der Waals surface area (Å²) in [5.41, 5.74) is -0.140. The molecule has 1 saturated heterocycles. The average molecular weight is 1080 g/mol. The molecule has 0 aromatic carbocycles. The molecule has 0 spiro atoms. The minimum atomic E-state index is -2.59. The number of allylic oxidation sites excluding steroid dienone is 2. The zero-order valence-corrected chi connectivity index (χ0v) is 53.0. The van der Waals surface area contributed by atoms with Gasteiger partial charge in [-0.1, -0.05) is 140 Å². The van der Waals surface area contributed by atoms with Gasteiger partial charge in [-0.05, 0) is 87.2 Å². The maximum atomic E-state index is 14.9. The standard InChI is InChI=1S/C57H102O13Si3/c1-27-30-38(5)50-57(19,67-50)51(70-73(25,26)56(16,17)18)43(36-66-53(62)65-34-29-3)45(59)37(4)31-32-44(58)39(6)35-40(7)47(68-71(21,22)54(10,11)12)41(8)46(60)42(9)48(63-20)49(52(61)64-33-28-2)69-72(23,24)55(13,14)15/h27-30,35,37-39,41-43,47-51H,2-3,31-34,36H2,1,4-26H3/b30-27-,40-35+/t37-,38+,39+,41+,42-,43+,47+,48+,49-,50-,51+,57+/m1/s1. The van der Waals surface area contributed by atoms with Gasteiger partial charge in [-0.25, -0.2) is 9.59 Å². The molecular formula is C57H102O13Si3. The molecule has 1 rings (SSSR count). The summed E-state index contributed by atoms with van der Waals surface area (Å²) in [7, 11) is -6.21.